The molecule has 0 heterocycles. The molecule has 3 heteroatoms. The summed E-state index contributed by atoms with van der Waals surface area (Å²) in [6.07, 6.45) is 0. The number of rotatable bonds is 3. The van der Waals surface area contributed by atoms with E-state index in [-0.39, 0.29) is 12.4 Å². The van der Waals surface area contributed by atoms with E-state index in [0.717, 1.165) is 34.9 Å². The Morgan fingerprint density at radius 1 is 0.857 bits per heavy atom. The van der Waals surface area contributed by atoms with Crippen LogP contribution < -0.4 is 12.4 Å². The van der Waals surface area contributed by atoms with Crippen LogP contribution in [0.4, 0.5) is 0 Å². The van der Waals surface area contributed by atoms with E-state index in [4.69, 9.17) is 0 Å². The molecule has 0 unspecified atom stereocenters. The van der Waals surface area contributed by atoms with Gasteiger partial charge in [-0.3, -0.25) is 0 Å². The normalized spacial score (nSPS) is 11.4. The van der Waals surface area contributed by atoms with Gasteiger partial charge in [-0.2, -0.15) is 0 Å². The Balaban J connectivity index is 0. The van der Waals surface area contributed by atoms with Crippen molar-refractivity contribution in [3.8, 4) is 10.1 Å². The summed E-state index contributed by atoms with van der Waals surface area (Å²) in [6.45, 7) is 14.1. The Hall–Kier alpha value is 0.690. The van der Waals surface area contributed by atoms with Crippen LogP contribution in [0.5, 0.6) is 0 Å². The van der Waals surface area contributed by atoms with Crippen LogP contribution in [0.1, 0.15) is 41.5 Å². The predicted octanol–water partition coefficient (Wildman–Crippen LogP) is 0.716. The molecular weight excluding hydrogens is 261 g/mol. The first-order valence-corrected chi connectivity index (χ1v) is 8.90. The van der Waals surface area contributed by atoms with Crippen LogP contribution in [-0.2, 0) is 18.3 Å². The van der Waals surface area contributed by atoms with Gasteiger partial charge < -0.3 is 12.4 Å². The first kappa shape index (κ1) is 17.1. The van der Waals surface area contributed by atoms with Crippen molar-refractivity contribution >= 4 is 8.07 Å². The molecule has 0 fully saturated rings. The third-order valence-corrected chi connectivity index (χ3v) is 10.6. The van der Waals surface area contributed by atoms with E-state index in [2.05, 4.69) is 51.6 Å². The van der Waals surface area contributed by atoms with Gasteiger partial charge in [0.1, 0.15) is 0 Å². The molecule has 0 aromatic rings. The first-order chi connectivity index (χ1) is 5.89. The van der Waals surface area contributed by atoms with Crippen LogP contribution in [0.2, 0.25) is 16.6 Å². The van der Waals surface area contributed by atoms with Crippen LogP contribution in [0, 0.1) is 10.1 Å². The molecule has 0 nitrogen and oxygen atoms in total. The van der Waals surface area contributed by atoms with Gasteiger partial charge in [-0.1, -0.05) is 0 Å². The summed E-state index contributed by atoms with van der Waals surface area (Å²) >= 11 is 1.13. The van der Waals surface area contributed by atoms with Crippen molar-refractivity contribution in [2.45, 2.75) is 58.2 Å². The Morgan fingerprint density at radius 2 is 1.14 bits per heavy atom. The van der Waals surface area contributed by atoms with Crippen molar-refractivity contribution in [2.24, 2.45) is 0 Å². The van der Waals surface area contributed by atoms with Gasteiger partial charge >= 0.3 is 94.6 Å². The van der Waals surface area contributed by atoms with Crippen molar-refractivity contribution in [3.05, 3.63) is 0 Å². The third kappa shape index (κ3) is 3.37. The predicted molar refractivity (Wildman–Crippen MR) is 58.8 cm³/mol. The van der Waals surface area contributed by atoms with Crippen molar-refractivity contribution < 1.29 is 30.7 Å². The van der Waals surface area contributed by atoms with Crippen LogP contribution in [0.3, 0.4) is 0 Å². The third-order valence-electron chi connectivity index (χ3n) is 3.17. The van der Waals surface area contributed by atoms with Gasteiger partial charge in [-0.25, -0.2) is 0 Å². The summed E-state index contributed by atoms with van der Waals surface area (Å²) in [5, 5.41) is 0. The molecule has 0 spiro atoms. The van der Waals surface area contributed by atoms with E-state index >= 15 is 0 Å². The minimum absolute atomic E-state index is 0. The molecular formula is C11H21ClSiZn. The monoisotopic (exact) mass is 280 g/mol. The summed E-state index contributed by atoms with van der Waals surface area (Å²) in [5.74, 6) is 0. The molecule has 14 heavy (non-hydrogen) atoms. The smallest absolute Gasteiger partial charge is 1.00 e. The van der Waals surface area contributed by atoms with Gasteiger partial charge in [0.25, 0.3) is 0 Å². The molecule has 0 atom stereocenters. The molecule has 0 aliphatic carbocycles. The average molecular weight is 282 g/mol. The summed E-state index contributed by atoms with van der Waals surface area (Å²) < 4.78 is 3.29. The standard InChI is InChI=1S/C11H21Si.ClH.Zn/c1-8-12(9(2)3,10(4)5)11(6)7;;/h9-11H,2-7H3;1H;/q;;+1/p-1. The SMILES string of the molecule is CC(C)[Si](C#[C][Zn+])(C(C)C)C(C)C.[Cl-]. The van der Waals surface area contributed by atoms with Crippen molar-refractivity contribution in [1.82, 2.24) is 0 Å². The number of halogens is 1. The molecule has 0 saturated heterocycles. The fourth-order valence-electron chi connectivity index (χ4n) is 2.59. The fraction of sp³-hybridized carbons (Fsp3) is 0.818. The van der Waals surface area contributed by atoms with E-state index in [1.165, 1.54) is 0 Å². The Morgan fingerprint density at radius 3 is 1.21 bits per heavy atom. The molecule has 0 bridgehead atoms. The zero-order chi connectivity index (χ0) is 10.6. The van der Waals surface area contributed by atoms with E-state index in [1.807, 2.05) is 0 Å². The van der Waals surface area contributed by atoms with Crippen molar-refractivity contribution in [1.29, 1.82) is 0 Å². The Kier molecular flexibility index (Phi) is 8.60. The quantitative estimate of drug-likeness (QED) is 0.528. The van der Waals surface area contributed by atoms with Gasteiger partial charge in [0.15, 0.2) is 0 Å². The summed E-state index contributed by atoms with van der Waals surface area (Å²) in [5.41, 5.74) is 5.99. The van der Waals surface area contributed by atoms with Crippen molar-refractivity contribution in [2.75, 3.05) is 0 Å². The molecule has 0 rings (SSSR count). The van der Waals surface area contributed by atoms with Crippen LogP contribution in [0.15, 0.2) is 0 Å². The fourth-order valence-corrected chi connectivity index (χ4v) is 9.69. The molecule has 0 radical (unpaired) electrons. The zero-order valence-corrected chi connectivity index (χ0v) is 15.0. The van der Waals surface area contributed by atoms with Crippen LogP contribution >= 0.6 is 0 Å². The first-order valence-electron chi connectivity index (χ1n) is 5.18. The van der Waals surface area contributed by atoms with Crippen LogP contribution in [-0.4, -0.2) is 8.07 Å². The van der Waals surface area contributed by atoms with Gasteiger partial charge in [-0.05, 0) is 0 Å². The minimum atomic E-state index is -1.36. The zero-order valence-electron chi connectivity index (χ0n) is 10.3. The van der Waals surface area contributed by atoms with Gasteiger partial charge in [0.2, 0.25) is 0 Å². The van der Waals surface area contributed by atoms with Gasteiger partial charge in [-0.15, -0.1) is 0 Å². The molecule has 0 aromatic heterocycles. The largest absolute Gasteiger partial charge is 1.00 e. The maximum Gasteiger partial charge on any atom is -1.00 e. The molecule has 0 N–H and O–H groups in total. The molecule has 0 aliphatic heterocycles. The number of hydrogen-bond donors (Lipinski definition) is 0. The van der Waals surface area contributed by atoms with Gasteiger partial charge in [0, 0.05) is 0 Å². The second-order valence-corrected chi connectivity index (χ2v) is 11.0. The minimum Gasteiger partial charge on any atom is -1.00 e. The summed E-state index contributed by atoms with van der Waals surface area (Å²) in [7, 11) is -1.36. The van der Waals surface area contributed by atoms with Crippen LogP contribution in [0.25, 0.3) is 0 Å². The van der Waals surface area contributed by atoms with E-state index < -0.39 is 8.07 Å². The molecule has 78 valence electrons. The number of hydrogen-bond acceptors (Lipinski definition) is 0. The second kappa shape index (κ2) is 7.05. The maximum atomic E-state index is 3.64. The summed E-state index contributed by atoms with van der Waals surface area (Å²) in [6, 6.07) is 0. The van der Waals surface area contributed by atoms with E-state index in [1.54, 1.807) is 0 Å². The average Bonchev–Trinajstić information content (AvgIpc) is 1.97. The van der Waals surface area contributed by atoms with E-state index in [0.29, 0.717) is 0 Å². The second-order valence-electron chi connectivity index (χ2n) is 4.70. The Bertz CT molecular complexity index is 191. The van der Waals surface area contributed by atoms with E-state index in [9.17, 15) is 0 Å². The molecule has 0 amide bonds. The maximum absolute atomic E-state index is 3.64. The molecule has 0 saturated carbocycles. The topological polar surface area (TPSA) is 0 Å². The molecule has 0 aromatic carbocycles. The summed E-state index contributed by atoms with van der Waals surface area (Å²) in [4.78, 5) is 0. The van der Waals surface area contributed by atoms with Gasteiger partial charge in [0.05, 0.1) is 0 Å². The molecule has 0 aliphatic rings. The Labute approximate surface area is 107 Å². The van der Waals surface area contributed by atoms with Crippen molar-refractivity contribution in [3.63, 3.8) is 0 Å².